The first-order chi connectivity index (χ1) is 9.89. The second kappa shape index (κ2) is 6.04. The number of sulfonamides is 1. The van der Waals surface area contributed by atoms with E-state index >= 15 is 0 Å². The van der Waals surface area contributed by atoms with E-state index in [1.54, 1.807) is 25.1 Å². The fraction of sp³-hybridized carbons (Fsp3) is 0.250. The highest BCUT2D eigenvalue weighted by molar-refractivity contribution is 9.10. The van der Waals surface area contributed by atoms with Crippen molar-refractivity contribution in [2.24, 2.45) is 0 Å². The van der Waals surface area contributed by atoms with E-state index in [2.05, 4.69) is 30.8 Å². The van der Waals surface area contributed by atoms with Gasteiger partial charge in [-0.3, -0.25) is 9.82 Å². The fourth-order valence-electron chi connectivity index (χ4n) is 1.89. The largest absolute Gasteiger partial charge is 0.495 e. The van der Waals surface area contributed by atoms with Crippen LogP contribution >= 0.6 is 15.9 Å². The minimum absolute atomic E-state index is 0.0629. The first-order valence-electron chi connectivity index (χ1n) is 5.90. The summed E-state index contributed by atoms with van der Waals surface area (Å²) in [7, 11) is -2.45. The van der Waals surface area contributed by atoms with Gasteiger partial charge in [-0.1, -0.05) is 15.9 Å². The van der Waals surface area contributed by atoms with E-state index in [0.717, 1.165) is 0 Å². The van der Waals surface area contributed by atoms with Crippen molar-refractivity contribution in [2.45, 2.75) is 18.4 Å². The number of benzene rings is 1. The Balaban J connectivity index is 2.47. The normalized spacial score (nSPS) is 11.4. The molecule has 0 aliphatic heterocycles. The predicted molar refractivity (Wildman–Crippen MR) is 80.8 cm³/mol. The lowest BCUT2D eigenvalue weighted by Gasteiger charge is -2.12. The number of aryl methyl sites for hydroxylation is 1. The van der Waals surface area contributed by atoms with Gasteiger partial charge in [0.1, 0.15) is 16.3 Å². The third kappa shape index (κ3) is 3.20. The van der Waals surface area contributed by atoms with Gasteiger partial charge in [0.25, 0.3) is 10.0 Å². The number of methoxy groups -OCH3 is 1. The average Bonchev–Trinajstić information content (AvgIpc) is 2.80. The van der Waals surface area contributed by atoms with E-state index in [1.807, 2.05) is 0 Å². The Kier molecular flexibility index (Phi) is 4.55. The first kappa shape index (κ1) is 15.8. The predicted octanol–water partition coefficient (Wildman–Crippen LogP) is 1.78. The molecular formula is C12H14BrN3O4S. The minimum Gasteiger partial charge on any atom is -0.495 e. The van der Waals surface area contributed by atoms with Crippen molar-refractivity contribution in [2.75, 3.05) is 11.8 Å². The molecule has 0 radical (unpaired) electrons. The summed E-state index contributed by atoms with van der Waals surface area (Å²) in [5.74, 6) is 0.383. The number of H-pyrrole nitrogens is 1. The Morgan fingerprint density at radius 2 is 2.19 bits per heavy atom. The summed E-state index contributed by atoms with van der Waals surface area (Å²) in [6, 6.07) is 4.96. The molecule has 0 bridgehead atoms. The quantitative estimate of drug-likeness (QED) is 0.738. The van der Waals surface area contributed by atoms with Crippen LogP contribution < -0.4 is 9.46 Å². The zero-order valence-corrected chi connectivity index (χ0v) is 13.7. The molecule has 0 aliphatic carbocycles. The highest BCUT2D eigenvalue weighted by atomic mass is 79.9. The third-order valence-electron chi connectivity index (χ3n) is 2.79. The van der Waals surface area contributed by atoms with Gasteiger partial charge in [-0.05, 0) is 25.1 Å². The lowest BCUT2D eigenvalue weighted by atomic mass is 10.3. The number of aromatic nitrogens is 2. The monoisotopic (exact) mass is 375 g/mol. The number of aromatic amines is 1. The molecule has 1 aromatic carbocycles. The molecule has 0 atom stereocenters. The molecule has 0 spiro atoms. The molecule has 9 heteroatoms. The lowest BCUT2D eigenvalue weighted by Crippen LogP contribution is -2.16. The number of halogens is 1. The van der Waals surface area contributed by atoms with Crippen molar-refractivity contribution in [1.29, 1.82) is 0 Å². The molecule has 1 heterocycles. The Morgan fingerprint density at radius 3 is 2.81 bits per heavy atom. The second-order valence-corrected chi connectivity index (χ2v) is 6.77. The summed E-state index contributed by atoms with van der Waals surface area (Å²) in [6.07, 6.45) is 0. The molecule has 21 heavy (non-hydrogen) atoms. The Morgan fingerprint density at radius 1 is 1.48 bits per heavy atom. The molecule has 2 aromatic rings. The van der Waals surface area contributed by atoms with Crippen LogP contribution in [0.25, 0.3) is 0 Å². The van der Waals surface area contributed by atoms with Crippen LogP contribution in [0.3, 0.4) is 0 Å². The number of hydrogen-bond acceptors (Lipinski definition) is 5. The van der Waals surface area contributed by atoms with Crippen LogP contribution in [-0.4, -0.2) is 30.8 Å². The van der Waals surface area contributed by atoms with Gasteiger partial charge in [0.05, 0.1) is 25.1 Å². The lowest BCUT2D eigenvalue weighted by molar-refractivity contribution is 0.273. The number of nitrogens with zero attached hydrogens (tertiary/aromatic N) is 1. The molecule has 0 saturated carbocycles. The fourth-order valence-corrected chi connectivity index (χ4v) is 3.67. The van der Waals surface area contributed by atoms with E-state index in [9.17, 15) is 13.5 Å². The number of aliphatic hydroxyl groups is 1. The van der Waals surface area contributed by atoms with Crippen LogP contribution in [0.1, 0.15) is 11.4 Å². The van der Waals surface area contributed by atoms with Crippen LogP contribution in [-0.2, 0) is 16.6 Å². The zero-order chi connectivity index (χ0) is 15.6. The molecular weight excluding hydrogens is 362 g/mol. The molecule has 0 amide bonds. The van der Waals surface area contributed by atoms with Crippen molar-refractivity contribution in [3.8, 4) is 5.75 Å². The maximum Gasteiger partial charge on any atom is 0.265 e. The highest BCUT2D eigenvalue weighted by Crippen LogP contribution is 2.31. The van der Waals surface area contributed by atoms with Crippen molar-refractivity contribution in [3.05, 3.63) is 34.1 Å². The maximum atomic E-state index is 12.5. The molecule has 3 N–H and O–H groups in total. The van der Waals surface area contributed by atoms with Gasteiger partial charge >= 0.3 is 0 Å². The van der Waals surface area contributed by atoms with Crippen LogP contribution in [0.5, 0.6) is 5.75 Å². The van der Waals surface area contributed by atoms with Gasteiger partial charge in [0, 0.05) is 4.47 Å². The second-order valence-electron chi connectivity index (χ2n) is 4.23. The van der Waals surface area contributed by atoms with Gasteiger partial charge in [0.2, 0.25) is 0 Å². The molecule has 1 aromatic heterocycles. The number of nitrogens with one attached hydrogen (secondary N) is 2. The summed E-state index contributed by atoms with van der Waals surface area (Å²) < 4.78 is 33.3. The van der Waals surface area contributed by atoms with E-state index in [0.29, 0.717) is 15.9 Å². The number of ether oxygens (including phenoxy) is 1. The van der Waals surface area contributed by atoms with Crippen molar-refractivity contribution in [1.82, 2.24) is 10.2 Å². The number of anilines is 1. The number of rotatable bonds is 5. The number of aliphatic hydroxyl groups excluding tert-OH is 1. The van der Waals surface area contributed by atoms with Gasteiger partial charge in [-0.15, -0.1) is 0 Å². The molecule has 2 rings (SSSR count). The van der Waals surface area contributed by atoms with Gasteiger partial charge in [0.15, 0.2) is 0 Å². The summed E-state index contributed by atoms with van der Waals surface area (Å²) in [6.45, 7) is 1.09. The SMILES string of the molecule is COc1ccc(Br)cc1NS(=O)(=O)c1c(CO)n[nH]c1C. The summed E-state index contributed by atoms with van der Waals surface area (Å²) >= 11 is 3.28. The Labute approximate surface area is 130 Å². The zero-order valence-electron chi connectivity index (χ0n) is 11.3. The molecule has 0 aliphatic rings. The van der Waals surface area contributed by atoms with Crippen molar-refractivity contribution >= 4 is 31.6 Å². The van der Waals surface area contributed by atoms with Gasteiger partial charge in [-0.2, -0.15) is 5.10 Å². The molecule has 7 nitrogen and oxygen atoms in total. The number of hydrogen-bond donors (Lipinski definition) is 3. The van der Waals surface area contributed by atoms with Crippen LogP contribution in [0.15, 0.2) is 27.6 Å². The van der Waals surface area contributed by atoms with Crippen LogP contribution in [0, 0.1) is 6.92 Å². The van der Waals surface area contributed by atoms with E-state index in [-0.39, 0.29) is 16.3 Å². The molecule has 114 valence electrons. The average molecular weight is 376 g/mol. The standard InChI is InChI=1S/C12H14BrN3O4S/c1-7-12(10(6-17)15-14-7)21(18,19)16-9-5-8(13)3-4-11(9)20-2/h3-5,16-17H,6H2,1-2H3,(H,14,15). The van der Waals surface area contributed by atoms with Gasteiger partial charge < -0.3 is 9.84 Å². The minimum atomic E-state index is -3.90. The molecule has 0 saturated heterocycles. The Bertz CT molecular complexity index is 758. The van der Waals surface area contributed by atoms with E-state index < -0.39 is 16.6 Å². The summed E-state index contributed by atoms with van der Waals surface area (Å²) in [5.41, 5.74) is 0.700. The first-order valence-corrected chi connectivity index (χ1v) is 8.17. The Hall–Kier alpha value is -1.58. The maximum absolute atomic E-state index is 12.5. The van der Waals surface area contributed by atoms with Gasteiger partial charge in [-0.25, -0.2) is 8.42 Å². The van der Waals surface area contributed by atoms with Crippen molar-refractivity contribution in [3.63, 3.8) is 0 Å². The molecule has 0 unspecified atom stereocenters. The van der Waals surface area contributed by atoms with Crippen LogP contribution in [0.2, 0.25) is 0 Å². The van der Waals surface area contributed by atoms with Crippen molar-refractivity contribution < 1.29 is 18.3 Å². The van der Waals surface area contributed by atoms with Crippen LogP contribution in [0.4, 0.5) is 5.69 Å². The smallest absolute Gasteiger partial charge is 0.265 e. The summed E-state index contributed by atoms with van der Waals surface area (Å²) in [4.78, 5) is -0.0629. The molecule has 0 fully saturated rings. The van der Waals surface area contributed by atoms with E-state index in [1.165, 1.54) is 7.11 Å². The van der Waals surface area contributed by atoms with E-state index in [4.69, 9.17) is 4.74 Å². The third-order valence-corrected chi connectivity index (χ3v) is 4.85. The highest BCUT2D eigenvalue weighted by Gasteiger charge is 2.25. The summed E-state index contributed by atoms with van der Waals surface area (Å²) in [5, 5.41) is 15.5. The topological polar surface area (TPSA) is 104 Å².